The Morgan fingerprint density at radius 1 is 1.21 bits per heavy atom. The highest BCUT2D eigenvalue weighted by Gasteiger charge is 2.34. The number of aliphatic hydroxyl groups is 1. The Hall–Kier alpha value is -2.42. The molecule has 0 unspecified atom stereocenters. The molecule has 0 radical (unpaired) electrons. The van der Waals surface area contributed by atoms with Crippen molar-refractivity contribution in [3.63, 3.8) is 0 Å². The molecule has 24 heavy (non-hydrogen) atoms. The molecule has 0 aliphatic carbocycles. The summed E-state index contributed by atoms with van der Waals surface area (Å²) in [5, 5.41) is 9.91. The molecule has 0 fully saturated rings. The molecule has 1 N–H and O–H groups in total. The quantitative estimate of drug-likeness (QED) is 0.816. The fourth-order valence-electron chi connectivity index (χ4n) is 1.97. The van der Waals surface area contributed by atoms with Crippen molar-refractivity contribution in [3.05, 3.63) is 48.0 Å². The van der Waals surface area contributed by atoms with Gasteiger partial charge in [-0.15, -0.1) is 0 Å². The Kier molecular flexibility index (Phi) is 5.55. The number of nitrogens with zero attached hydrogens (tertiary/aromatic N) is 3. The SMILES string of the molecule is CN(C[C@@H](O)COc1ccccc1C(F)(F)F)c1ncc(F)cn1. The summed E-state index contributed by atoms with van der Waals surface area (Å²) in [7, 11) is 1.56. The van der Waals surface area contributed by atoms with E-state index in [1.165, 1.54) is 23.1 Å². The van der Waals surface area contributed by atoms with Crippen LogP contribution in [0.15, 0.2) is 36.7 Å². The van der Waals surface area contributed by atoms with Crippen LogP contribution in [0.5, 0.6) is 5.75 Å². The third-order valence-electron chi connectivity index (χ3n) is 3.06. The average molecular weight is 345 g/mol. The summed E-state index contributed by atoms with van der Waals surface area (Å²) in [6.45, 7) is -0.349. The highest BCUT2D eigenvalue weighted by Crippen LogP contribution is 2.35. The Labute approximate surface area is 135 Å². The number of para-hydroxylation sites is 1. The molecule has 130 valence electrons. The van der Waals surface area contributed by atoms with Crippen molar-refractivity contribution in [2.75, 3.05) is 25.1 Å². The van der Waals surface area contributed by atoms with Crippen LogP contribution in [-0.2, 0) is 6.18 Å². The highest BCUT2D eigenvalue weighted by molar-refractivity contribution is 5.35. The molecule has 0 saturated heterocycles. The van der Waals surface area contributed by atoms with Crippen molar-refractivity contribution in [1.29, 1.82) is 0 Å². The summed E-state index contributed by atoms with van der Waals surface area (Å²) in [6, 6.07) is 4.75. The minimum atomic E-state index is -4.54. The molecule has 0 aliphatic heterocycles. The van der Waals surface area contributed by atoms with Gasteiger partial charge in [-0.25, -0.2) is 14.4 Å². The predicted molar refractivity (Wildman–Crippen MR) is 78.2 cm³/mol. The normalized spacial score (nSPS) is 12.8. The first-order valence-electron chi connectivity index (χ1n) is 6.93. The number of hydrogen-bond acceptors (Lipinski definition) is 5. The molecule has 0 bridgehead atoms. The maximum Gasteiger partial charge on any atom is 0.419 e. The molecule has 0 amide bonds. The lowest BCUT2D eigenvalue weighted by atomic mass is 10.2. The van der Waals surface area contributed by atoms with Gasteiger partial charge >= 0.3 is 6.18 Å². The number of anilines is 1. The van der Waals surface area contributed by atoms with Crippen molar-refractivity contribution in [2.24, 2.45) is 0 Å². The number of halogens is 4. The van der Waals surface area contributed by atoms with Crippen molar-refractivity contribution in [3.8, 4) is 5.75 Å². The van der Waals surface area contributed by atoms with E-state index >= 15 is 0 Å². The number of benzene rings is 1. The summed E-state index contributed by atoms with van der Waals surface area (Å²) < 4.78 is 56.4. The van der Waals surface area contributed by atoms with E-state index in [1.54, 1.807) is 7.05 Å². The van der Waals surface area contributed by atoms with Crippen molar-refractivity contribution >= 4 is 5.95 Å². The van der Waals surface area contributed by atoms with Crippen LogP contribution in [0, 0.1) is 5.82 Å². The number of hydrogen-bond donors (Lipinski definition) is 1. The zero-order valence-electron chi connectivity index (χ0n) is 12.7. The maximum atomic E-state index is 12.8. The monoisotopic (exact) mass is 345 g/mol. The molecule has 2 aromatic rings. The fourth-order valence-corrected chi connectivity index (χ4v) is 1.97. The van der Waals surface area contributed by atoms with Gasteiger partial charge in [-0.05, 0) is 12.1 Å². The molecular weight excluding hydrogens is 330 g/mol. The first-order valence-corrected chi connectivity index (χ1v) is 6.93. The number of aromatic nitrogens is 2. The number of rotatable bonds is 6. The molecule has 0 saturated carbocycles. The minimum Gasteiger partial charge on any atom is -0.490 e. The molecular formula is C15H15F4N3O2. The van der Waals surface area contributed by atoms with E-state index in [0.29, 0.717) is 0 Å². The van der Waals surface area contributed by atoms with Crippen LogP contribution < -0.4 is 9.64 Å². The van der Waals surface area contributed by atoms with Crippen molar-refractivity contribution in [2.45, 2.75) is 12.3 Å². The second kappa shape index (κ2) is 7.43. The molecule has 0 spiro atoms. The highest BCUT2D eigenvalue weighted by atomic mass is 19.4. The van der Waals surface area contributed by atoms with Crippen molar-refractivity contribution in [1.82, 2.24) is 9.97 Å². The van der Waals surface area contributed by atoms with Crippen LogP contribution in [0.2, 0.25) is 0 Å². The molecule has 2 rings (SSSR count). The molecule has 5 nitrogen and oxygen atoms in total. The van der Waals surface area contributed by atoms with Crippen LogP contribution in [-0.4, -0.2) is 41.4 Å². The van der Waals surface area contributed by atoms with Gasteiger partial charge < -0.3 is 14.7 Å². The zero-order valence-corrected chi connectivity index (χ0v) is 12.7. The van der Waals surface area contributed by atoms with E-state index in [9.17, 15) is 22.7 Å². The van der Waals surface area contributed by atoms with E-state index in [4.69, 9.17) is 4.74 Å². The van der Waals surface area contributed by atoms with Crippen LogP contribution in [0.1, 0.15) is 5.56 Å². The minimum absolute atomic E-state index is 0.000181. The third-order valence-corrected chi connectivity index (χ3v) is 3.06. The lowest BCUT2D eigenvalue weighted by Gasteiger charge is -2.21. The van der Waals surface area contributed by atoms with Gasteiger partial charge in [0.05, 0.1) is 18.0 Å². The Balaban J connectivity index is 1.94. The number of aliphatic hydroxyl groups excluding tert-OH is 1. The van der Waals surface area contributed by atoms with E-state index in [2.05, 4.69) is 9.97 Å². The van der Waals surface area contributed by atoms with Crippen LogP contribution in [0.25, 0.3) is 0 Å². The fraction of sp³-hybridized carbons (Fsp3) is 0.333. The van der Waals surface area contributed by atoms with Crippen molar-refractivity contribution < 1.29 is 27.4 Å². The lowest BCUT2D eigenvalue weighted by Crippen LogP contribution is -2.34. The summed E-state index contributed by atoms with van der Waals surface area (Å²) in [6.07, 6.45) is -3.69. The molecule has 1 aromatic carbocycles. The summed E-state index contributed by atoms with van der Waals surface area (Å²) in [4.78, 5) is 8.90. The van der Waals surface area contributed by atoms with Gasteiger partial charge in [-0.3, -0.25) is 0 Å². The van der Waals surface area contributed by atoms with Gasteiger partial charge in [0.25, 0.3) is 0 Å². The Morgan fingerprint density at radius 3 is 2.46 bits per heavy atom. The first-order chi connectivity index (χ1) is 11.3. The third kappa shape index (κ3) is 4.79. The van der Waals surface area contributed by atoms with E-state index in [-0.39, 0.29) is 24.8 Å². The number of likely N-dealkylation sites (N-methyl/N-ethyl adjacent to an activating group) is 1. The smallest absolute Gasteiger partial charge is 0.419 e. The van der Waals surface area contributed by atoms with E-state index in [0.717, 1.165) is 18.5 Å². The van der Waals surface area contributed by atoms with Gasteiger partial charge in [-0.1, -0.05) is 12.1 Å². The standard InChI is InChI=1S/C15H15F4N3O2/c1-22(14-20-6-10(16)7-21-14)8-11(23)9-24-13-5-3-2-4-12(13)15(17,18)19/h2-7,11,23H,8-9H2,1H3/t11-/m1/s1. The van der Waals surface area contributed by atoms with Gasteiger partial charge in [0.2, 0.25) is 5.95 Å². The maximum absolute atomic E-state index is 12.8. The van der Waals surface area contributed by atoms with Gasteiger partial charge in [0, 0.05) is 13.6 Å². The number of alkyl halides is 3. The molecule has 1 aromatic heterocycles. The van der Waals surface area contributed by atoms with Gasteiger partial charge in [0.15, 0.2) is 5.82 Å². The zero-order chi connectivity index (χ0) is 17.7. The van der Waals surface area contributed by atoms with E-state index < -0.39 is 23.7 Å². The largest absolute Gasteiger partial charge is 0.490 e. The molecule has 0 aliphatic rings. The number of ether oxygens (including phenoxy) is 1. The molecule has 1 atom stereocenters. The second-order valence-electron chi connectivity index (χ2n) is 5.04. The average Bonchev–Trinajstić information content (AvgIpc) is 2.53. The topological polar surface area (TPSA) is 58.5 Å². The van der Waals surface area contributed by atoms with Gasteiger partial charge in [0.1, 0.15) is 18.5 Å². The summed E-state index contributed by atoms with van der Waals surface area (Å²) in [5.74, 6) is -0.782. The second-order valence-corrected chi connectivity index (χ2v) is 5.04. The van der Waals surface area contributed by atoms with Crippen LogP contribution in [0.3, 0.4) is 0 Å². The Morgan fingerprint density at radius 2 is 1.83 bits per heavy atom. The Bertz CT molecular complexity index is 665. The predicted octanol–water partition coefficient (Wildman–Crippen LogP) is 2.51. The summed E-state index contributed by atoms with van der Waals surface area (Å²) >= 11 is 0. The molecule has 1 heterocycles. The van der Waals surface area contributed by atoms with E-state index in [1.807, 2.05) is 0 Å². The van der Waals surface area contributed by atoms with Crippen LogP contribution >= 0.6 is 0 Å². The molecule has 9 heteroatoms. The van der Waals surface area contributed by atoms with Gasteiger partial charge in [-0.2, -0.15) is 13.2 Å². The first kappa shape index (κ1) is 17.9. The lowest BCUT2D eigenvalue weighted by molar-refractivity contribution is -0.139. The van der Waals surface area contributed by atoms with Crippen LogP contribution in [0.4, 0.5) is 23.5 Å². The summed E-state index contributed by atoms with van der Waals surface area (Å²) in [5.41, 5.74) is -0.910.